The summed E-state index contributed by atoms with van der Waals surface area (Å²) < 4.78 is 46.6. The number of alkyl halides is 3. The van der Waals surface area contributed by atoms with Crippen molar-refractivity contribution in [3.05, 3.63) is 23.8 Å². The minimum absolute atomic E-state index is 0.0580. The van der Waals surface area contributed by atoms with Gasteiger partial charge < -0.3 is 25.4 Å². The number of carbonyl (C=O) groups excluding carboxylic acids is 3. The monoisotopic (exact) mass is 446 g/mol. The standard InChI is InChI=1S/C19H25F3N4O5/c1-18(2,3)31-17(29)26-14-5-4-12(30-19(20,21)22)8-13(14)16(28)24-10-15(27)25-11-6-7-23-9-11/h4-5,8,11,23H,6-7,9-10H2,1-3H3,(H,24,28)(H,25,27)(H,26,29). The van der Waals surface area contributed by atoms with Crippen LogP contribution in [0.4, 0.5) is 23.7 Å². The lowest BCUT2D eigenvalue weighted by atomic mass is 10.1. The van der Waals surface area contributed by atoms with Crippen LogP contribution in [0.2, 0.25) is 0 Å². The van der Waals surface area contributed by atoms with Gasteiger partial charge in [0.2, 0.25) is 5.91 Å². The Morgan fingerprint density at radius 3 is 2.48 bits per heavy atom. The smallest absolute Gasteiger partial charge is 0.444 e. The number of nitrogens with one attached hydrogen (secondary N) is 4. The van der Waals surface area contributed by atoms with E-state index in [0.29, 0.717) is 6.54 Å². The minimum Gasteiger partial charge on any atom is -0.444 e. The van der Waals surface area contributed by atoms with Crippen molar-refractivity contribution in [2.24, 2.45) is 0 Å². The molecule has 12 heteroatoms. The first-order valence-electron chi connectivity index (χ1n) is 9.50. The molecule has 4 N–H and O–H groups in total. The SMILES string of the molecule is CC(C)(C)OC(=O)Nc1ccc(OC(F)(F)F)cc1C(=O)NCC(=O)NC1CCNC1. The molecule has 0 bridgehead atoms. The van der Waals surface area contributed by atoms with E-state index in [1.54, 1.807) is 20.8 Å². The average molecular weight is 446 g/mol. The highest BCUT2D eigenvalue weighted by Gasteiger charge is 2.32. The summed E-state index contributed by atoms with van der Waals surface area (Å²) in [4.78, 5) is 36.6. The number of hydrogen-bond donors (Lipinski definition) is 4. The van der Waals surface area contributed by atoms with Gasteiger partial charge in [-0.25, -0.2) is 4.79 Å². The molecular formula is C19H25F3N4O5. The van der Waals surface area contributed by atoms with Gasteiger partial charge in [0.1, 0.15) is 11.4 Å². The number of hydrogen-bond acceptors (Lipinski definition) is 6. The summed E-state index contributed by atoms with van der Waals surface area (Å²) in [7, 11) is 0. The molecular weight excluding hydrogens is 421 g/mol. The van der Waals surface area contributed by atoms with Gasteiger partial charge in [0.15, 0.2) is 0 Å². The van der Waals surface area contributed by atoms with Gasteiger partial charge in [-0.1, -0.05) is 0 Å². The molecule has 1 fully saturated rings. The molecule has 1 aliphatic heterocycles. The fraction of sp³-hybridized carbons (Fsp3) is 0.526. The third kappa shape index (κ3) is 8.70. The van der Waals surface area contributed by atoms with Crippen molar-refractivity contribution in [3.8, 4) is 5.75 Å². The Morgan fingerprint density at radius 2 is 1.90 bits per heavy atom. The lowest BCUT2D eigenvalue weighted by Gasteiger charge is -2.20. The Balaban J connectivity index is 2.13. The molecule has 0 saturated carbocycles. The highest BCUT2D eigenvalue weighted by atomic mass is 19.4. The molecule has 1 aromatic rings. The first-order chi connectivity index (χ1) is 14.3. The van der Waals surface area contributed by atoms with Gasteiger partial charge in [0.25, 0.3) is 5.91 Å². The quantitative estimate of drug-likeness (QED) is 0.532. The van der Waals surface area contributed by atoms with Gasteiger partial charge in [-0.3, -0.25) is 14.9 Å². The van der Waals surface area contributed by atoms with Gasteiger partial charge in [-0.2, -0.15) is 0 Å². The number of rotatable bonds is 6. The zero-order valence-electron chi connectivity index (χ0n) is 17.3. The Labute approximate surface area is 177 Å². The summed E-state index contributed by atoms with van der Waals surface area (Å²) in [5.74, 6) is -1.99. The van der Waals surface area contributed by atoms with E-state index < -0.39 is 42.2 Å². The number of anilines is 1. The van der Waals surface area contributed by atoms with E-state index in [0.717, 1.165) is 31.2 Å². The maximum absolute atomic E-state index is 12.6. The second-order valence-electron chi connectivity index (χ2n) is 7.82. The number of halogens is 3. The van der Waals surface area contributed by atoms with Crippen LogP contribution in [-0.4, -0.2) is 55.5 Å². The summed E-state index contributed by atoms with van der Waals surface area (Å²) >= 11 is 0. The Bertz CT molecular complexity index is 818. The Kier molecular flexibility index (Phi) is 7.71. The molecule has 0 aromatic heterocycles. The molecule has 3 amide bonds. The molecule has 1 aliphatic rings. The third-order valence-electron chi connectivity index (χ3n) is 3.94. The van der Waals surface area contributed by atoms with Crippen molar-refractivity contribution in [1.29, 1.82) is 0 Å². The number of ether oxygens (including phenoxy) is 2. The predicted octanol–water partition coefficient (Wildman–Crippen LogP) is 2.14. The van der Waals surface area contributed by atoms with E-state index in [1.165, 1.54) is 0 Å². The topological polar surface area (TPSA) is 118 Å². The largest absolute Gasteiger partial charge is 0.573 e. The molecule has 1 unspecified atom stereocenters. The summed E-state index contributed by atoms with van der Waals surface area (Å²) in [6.07, 6.45) is -5.12. The van der Waals surface area contributed by atoms with E-state index in [-0.39, 0.29) is 17.3 Å². The maximum Gasteiger partial charge on any atom is 0.573 e. The van der Waals surface area contributed by atoms with Crippen LogP contribution in [0.15, 0.2) is 18.2 Å². The maximum atomic E-state index is 12.6. The number of amides is 3. The molecule has 0 spiro atoms. The van der Waals surface area contributed by atoms with Crippen LogP contribution in [0.1, 0.15) is 37.6 Å². The molecule has 1 atom stereocenters. The molecule has 1 saturated heterocycles. The van der Waals surface area contributed by atoms with Gasteiger partial charge in [0, 0.05) is 12.6 Å². The van der Waals surface area contributed by atoms with E-state index in [4.69, 9.17) is 4.74 Å². The average Bonchev–Trinajstić information content (AvgIpc) is 3.11. The lowest BCUT2D eigenvalue weighted by Crippen LogP contribution is -2.42. The van der Waals surface area contributed by atoms with Crippen LogP contribution in [0.25, 0.3) is 0 Å². The van der Waals surface area contributed by atoms with Crippen molar-refractivity contribution in [3.63, 3.8) is 0 Å². The van der Waals surface area contributed by atoms with Crippen LogP contribution >= 0.6 is 0 Å². The fourth-order valence-electron chi connectivity index (χ4n) is 2.74. The molecule has 0 radical (unpaired) electrons. The zero-order valence-corrected chi connectivity index (χ0v) is 17.3. The van der Waals surface area contributed by atoms with E-state index in [9.17, 15) is 27.6 Å². The number of benzene rings is 1. The van der Waals surface area contributed by atoms with Gasteiger partial charge in [-0.05, 0) is 51.9 Å². The second kappa shape index (κ2) is 9.86. The molecule has 9 nitrogen and oxygen atoms in total. The first kappa shape index (κ1) is 24.3. The lowest BCUT2D eigenvalue weighted by molar-refractivity contribution is -0.274. The molecule has 172 valence electrons. The van der Waals surface area contributed by atoms with E-state index >= 15 is 0 Å². The van der Waals surface area contributed by atoms with E-state index in [1.807, 2.05) is 0 Å². The van der Waals surface area contributed by atoms with Crippen molar-refractivity contribution >= 4 is 23.6 Å². The normalized spacial score (nSPS) is 16.4. The molecule has 1 aromatic carbocycles. The molecule has 2 rings (SSSR count). The molecule has 0 aliphatic carbocycles. The minimum atomic E-state index is -4.97. The van der Waals surface area contributed by atoms with Crippen LogP contribution in [0.5, 0.6) is 5.75 Å². The van der Waals surface area contributed by atoms with Crippen LogP contribution < -0.4 is 26.0 Å². The summed E-state index contributed by atoms with van der Waals surface area (Å²) in [5, 5.41) is 10.4. The highest BCUT2D eigenvalue weighted by Crippen LogP contribution is 2.27. The summed E-state index contributed by atoms with van der Waals surface area (Å²) in [6.45, 7) is 5.85. The molecule has 31 heavy (non-hydrogen) atoms. The van der Waals surface area contributed by atoms with Crippen molar-refractivity contribution in [2.75, 3.05) is 25.0 Å². The van der Waals surface area contributed by atoms with Crippen molar-refractivity contribution in [2.45, 2.75) is 45.2 Å². The van der Waals surface area contributed by atoms with Gasteiger partial charge in [-0.15, -0.1) is 13.2 Å². The fourth-order valence-corrected chi connectivity index (χ4v) is 2.74. The van der Waals surface area contributed by atoms with Gasteiger partial charge in [0.05, 0.1) is 17.8 Å². The highest BCUT2D eigenvalue weighted by molar-refractivity contribution is 6.04. The third-order valence-corrected chi connectivity index (χ3v) is 3.94. The van der Waals surface area contributed by atoms with Crippen molar-refractivity contribution < 1.29 is 37.0 Å². The Hall–Kier alpha value is -3.02. The Morgan fingerprint density at radius 1 is 1.19 bits per heavy atom. The summed E-state index contributed by atoms with van der Waals surface area (Å²) in [6, 6.07) is 2.77. The van der Waals surface area contributed by atoms with Crippen LogP contribution in [0, 0.1) is 0 Å². The summed E-state index contributed by atoms with van der Waals surface area (Å²) in [5.41, 5.74) is -1.27. The van der Waals surface area contributed by atoms with Crippen molar-refractivity contribution in [1.82, 2.24) is 16.0 Å². The van der Waals surface area contributed by atoms with Crippen LogP contribution in [-0.2, 0) is 9.53 Å². The molecule has 1 heterocycles. The zero-order chi connectivity index (χ0) is 23.2. The number of carbonyl (C=O) groups is 3. The van der Waals surface area contributed by atoms with Crippen LogP contribution in [0.3, 0.4) is 0 Å². The van der Waals surface area contributed by atoms with Gasteiger partial charge >= 0.3 is 12.5 Å². The van der Waals surface area contributed by atoms with E-state index in [2.05, 4.69) is 26.0 Å². The predicted molar refractivity (Wildman–Crippen MR) is 105 cm³/mol. The second-order valence-corrected chi connectivity index (χ2v) is 7.82. The first-order valence-corrected chi connectivity index (χ1v) is 9.50.